The minimum absolute atomic E-state index is 0.00641. The lowest BCUT2D eigenvalue weighted by Crippen LogP contribution is -2.90. The molecule has 2 heterocycles. The first-order valence-electron chi connectivity index (χ1n) is 6.85. The van der Waals surface area contributed by atoms with Crippen LogP contribution < -0.4 is 9.71 Å². The maximum atomic E-state index is 12.8. The van der Waals surface area contributed by atoms with Crippen molar-refractivity contribution in [2.45, 2.75) is 5.66 Å². The van der Waals surface area contributed by atoms with Crippen LogP contribution in [0.5, 0.6) is 0 Å². The second-order valence-corrected chi connectivity index (χ2v) is 7.33. The van der Waals surface area contributed by atoms with Gasteiger partial charge in [-0.2, -0.15) is 0 Å². The summed E-state index contributed by atoms with van der Waals surface area (Å²) in [6.45, 7) is 4.09. The molecule has 3 atom stereocenters. The van der Waals surface area contributed by atoms with Gasteiger partial charge >= 0.3 is 5.66 Å². The molecule has 112 valence electrons. The van der Waals surface area contributed by atoms with Crippen LogP contribution in [0.1, 0.15) is 0 Å². The van der Waals surface area contributed by atoms with Gasteiger partial charge in [-0.1, -0.05) is 12.1 Å². The van der Waals surface area contributed by atoms with Crippen LogP contribution in [-0.2, 0) is 3.07 Å². The first-order chi connectivity index (χ1) is 10.5. The zero-order chi connectivity index (χ0) is 15.5. The summed E-state index contributed by atoms with van der Waals surface area (Å²) in [5.41, 5.74) is 2.14. The SMILES string of the molecule is C=C1C2(C[NH+]2[O-])[N+]1([O-])c1ccc(-c2ccc(I=O)cc2)cc1. The molecule has 0 radical (unpaired) electrons. The fourth-order valence-corrected chi connectivity index (χ4v) is 3.77. The lowest BCUT2D eigenvalue weighted by molar-refractivity contribution is -0.723. The second kappa shape index (κ2) is 4.53. The molecular weight excluding hydrogens is 395 g/mol. The van der Waals surface area contributed by atoms with Crippen molar-refractivity contribution < 1.29 is 8.13 Å². The average Bonchev–Trinajstić information content (AvgIpc) is 3.38. The molecule has 2 aliphatic heterocycles. The fraction of sp³-hybridized carbons (Fsp3) is 0.125. The van der Waals surface area contributed by atoms with Crippen molar-refractivity contribution >= 4 is 26.9 Å². The lowest BCUT2D eigenvalue weighted by Gasteiger charge is -2.19. The van der Waals surface area contributed by atoms with Crippen LogP contribution in [0.15, 0.2) is 60.8 Å². The normalized spacial score (nSPS) is 32.3. The van der Waals surface area contributed by atoms with Gasteiger partial charge in [-0.05, 0) is 42.0 Å². The third kappa shape index (κ3) is 1.67. The van der Waals surface area contributed by atoms with E-state index < -0.39 is 31.5 Å². The van der Waals surface area contributed by atoms with Crippen molar-refractivity contribution in [1.82, 2.24) is 4.65 Å². The van der Waals surface area contributed by atoms with E-state index in [9.17, 15) is 13.5 Å². The van der Waals surface area contributed by atoms with Crippen LogP contribution in [-0.4, -0.2) is 12.2 Å². The topological polar surface area (TPSA) is 67.6 Å². The molecule has 0 aromatic heterocycles. The van der Waals surface area contributed by atoms with E-state index in [0.717, 1.165) is 14.7 Å². The Morgan fingerprint density at radius 2 is 1.59 bits per heavy atom. The zero-order valence-corrected chi connectivity index (χ0v) is 13.7. The number of rotatable bonds is 3. The van der Waals surface area contributed by atoms with Crippen molar-refractivity contribution in [3.8, 4) is 11.1 Å². The van der Waals surface area contributed by atoms with Crippen LogP contribution >= 0.6 is 21.2 Å². The molecule has 0 saturated carbocycles. The van der Waals surface area contributed by atoms with Gasteiger partial charge in [-0.3, -0.25) is 8.13 Å². The molecule has 0 amide bonds. The van der Waals surface area contributed by atoms with Gasteiger partial charge in [0.05, 0.1) is 0 Å². The summed E-state index contributed by atoms with van der Waals surface area (Å²) in [7, 11) is 0. The minimum atomic E-state index is -1.14. The number of hydrogen-bond acceptors (Lipinski definition) is 3. The predicted octanol–water partition coefficient (Wildman–Crippen LogP) is 2.26. The quantitative estimate of drug-likeness (QED) is 0.367. The van der Waals surface area contributed by atoms with Gasteiger partial charge in [-0.15, -0.1) is 0 Å². The molecule has 2 aromatic carbocycles. The maximum Gasteiger partial charge on any atom is 0.358 e. The van der Waals surface area contributed by atoms with E-state index in [1.807, 2.05) is 36.4 Å². The van der Waals surface area contributed by atoms with Crippen LogP contribution in [0.25, 0.3) is 11.1 Å². The Kier molecular flexibility index (Phi) is 2.91. The summed E-state index contributed by atoms with van der Waals surface area (Å²) < 4.78 is 11.1. The standard InChI is InChI=1S/C16H13IN2O3/c1-11-16(10-18(16)21)19(11,22)15-8-4-13(5-9-15)12-2-6-14(17-20)7-3-12/h2-9,18H,1,10H2. The summed E-state index contributed by atoms with van der Waals surface area (Å²) >= 11 is -1.14. The Bertz CT molecular complexity index is 790. The van der Waals surface area contributed by atoms with E-state index >= 15 is 0 Å². The van der Waals surface area contributed by atoms with Gasteiger partial charge in [0.25, 0.3) is 0 Å². The maximum absolute atomic E-state index is 12.8. The average molecular weight is 408 g/mol. The van der Waals surface area contributed by atoms with E-state index in [4.69, 9.17) is 0 Å². The molecule has 0 aliphatic carbocycles. The van der Waals surface area contributed by atoms with Gasteiger partial charge in [0.15, 0.2) is 21.2 Å². The van der Waals surface area contributed by atoms with E-state index in [2.05, 4.69) is 6.58 Å². The van der Waals surface area contributed by atoms with Crippen LogP contribution in [0.3, 0.4) is 0 Å². The van der Waals surface area contributed by atoms with Crippen molar-refractivity contribution in [2.24, 2.45) is 0 Å². The molecule has 1 spiro atoms. The molecule has 0 bridgehead atoms. The first kappa shape index (κ1) is 14.2. The monoisotopic (exact) mass is 408 g/mol. The molecule has 2 aliphatic rings. The van der Waals surface area contributed by atoms with Gasteiger partial charge in [-0.25, -0.2) is 4.65 Å². The zero-order valence-electron chi connectivity index (χ0n) is 11.6. The number of nitrogens with zero attached hydrogens (tertiary/aromatic N) is 1. The number of hydrogen-bond donors (Lipinski definition) is 1. The van der Waals surface area contributed by atoms with E-state index in [0.29, 0.717) is 17.9 Å². The Morgan fingerprint density at radius 3 is 2.00 bits per heavy atom. The summed E-state index contributed by atoms with van der Waals surface area (Å²) in [4.78, 5) is 0. The van der Waals surface area contributed by atoms with E-state index in [-0.39, 0.29) is 5.06 Å². The number of nitrogens with one attached hydrogen (secondary N) is 1. The highest BCUT2D eigenvalue weighted by atomic mass is 127. The highest BCUT2D eigenvalue weighted by Gasteiger charge is 2.89. The Hall–Kier alpha value is -1.45. The van der Waals surface area contributed by atoms with Gasteiger partial charge < -0.3 is 10.4 Å². The molecular formula is C16H13IN2O3. The molecule has 6 heteroatoms. The Labute approximate surface area is 137 Å². The van der Waals surface area contributed by atoms with Crippen molar-refractivity contribution in [3.05, 3.63) is 74.8 Å². The Balaban J connectivity index is 1.64. The first-order valence-corrected chi connectivity index (χ1v) is 8.81. The molecule has 2 aromatic rings. The smallest absolute Gasteiger partial charge is 0.358 e. The van der Waals surface area contributed by atoms with Crippen LogP contribution in [0.4, 0.5) is 5.69 Å². The molecule has 3 unspecified atom stereocenters. The largest absolute Gasteiger partial charge is 0.629 e. The molecule has 2 fully saturated rings. The molecule has 2 saturated heterocycles. The minimum Gasteiger partial charge on any atom is -0.629 e. The number of benzene rings is 2. The molecule has 5 nitrogen and oxygen atoms in total. The number of hydroxylamine groups is 4. The van der Waals surface area contributed by atoms with Gasteiger partial charge in [0, 0.05) is 15.7 Å². The molecule has 1 N–H and O–H groups in total. The number of halogens is 1. The fourth-order valence-electron chi connectivity index (χ4n) is 3.11. The third-order valence-electron chi connectivity index (χ3n) is 4.60. The van der Waals surface area contributed by atoms with E-state index in [1.54, 1.807) is 12.1 Å². The number of quaternary nitrogens is 2. The van der Waals surface area contributed by atoms with Crippen molar-refractivity contribution in [2.75, 3.05) is 6.54 Å². The van der Waals surface area contributed by atoms with Crippen LogP contribution in [0, 0.1) is 14.0 Å². The van der Waals surface area contributed by atoms with Crippen molar-refractivity contribution in [1.29, 1.82) is 0 Å². The summed E-state index contributed by atoms with van der Waals surface area (Å²) in [6.07, 6.45) is 0. The summed E-state index contributed by atoms with van der Waals surface area (Å²) in [5, 5.41) is 24.3. The highest BCUT2D eigenvalue weighted by Crippen LogP contribution is 2.56. The van der Waals surface area contributed by atoms with Gasteiger partial charge in [0.1, 0.15) is 5.69 Å². The van der Waals surface area contributed by atoms with Crippen LogP contribution in [0.2, 0.25) is 0 Å². The van der Waals surface area contributed by atoms with Crippen molar-refractivity contribution in [3.63, 3.8) is 0 Å². The lowest BCUT2D eigenvalue weighted by atomic mass is 10.1. The Morgan fingerprint density at radius 1 is 1.09 bits per heavy atom. The molecule has 22 heavy (non-hydrogen) atoms. The third-order valence-corrected chi connectivity index (χ3v) is 5.82. The summed E-state index contributed by atoms with van der Waals surface area (Å²) in [6, 6.07) is 14.8. The van der Waals surface area contributed by atoms with E-state index in [1.165, 1.54) is 0 Å². The summed E-state index contributed by atoms with van der Waals surface area (Å²) in [5.74, 6) is 0. The molecule has 4 rings (SSSR count). The highest BCUT2D eigenvalue weighted by molar-refractivity contribution is 14.1. The second-order valence-electron chi connectivity index (χ2n) is 5.65. The predicted molar refractivity (Wildman–Crippen MR) is 91.5 cm³/mol. The van der Waals surface area contributed by atoms with Gasteiger partial charge in [0.2, 0.25) is 12.2 Å².